The maximum absolute atomic E-state index is 13.1. The Kier molecular flexibility index (Phi) is 5.72. The van der Waals surface area contributed by atoms with Gasteiger partial charge in [0.25, 0.3) is 11.6 Å². The molecule has 1 aliphatic rings. The average molecular weight is 459 g/mol. The van der Waals surface area contributed by atoms with Crippen molar-refractivity contribution < 1.29 is 22.5 Å². The number of amides is 1. The molecule has 1 saturated heterocycles. The topological polar surface area (TPSA) is 119 Å². The molecule has 0 saturated carbocycles. The Morgan fingerprint density at radius 3 is 2.19 bits per heavy atom. The molecule has 2 heterocycles. The molecular formula is C20H18FN5O5S. The van der Waals surface area contributed by atoms with E-state index in [2.05, 4.69) is 5.10 Å². The minimum atomic E-state index is -3.83. The molecule has 0 spiro atoms. The molecule has 2 aromatic carbocycles. The van der Waals surface area contributed by atoms with Gasteiger partial charge in [-0.05, 0) is 42.5 Å². The molecule has 1 fully saturated rings. The van der Waals surface area contributed by atoms with Crippen molar-refractivity contribution in [3.05, 3.63) is 82.4 Å². The fourth-order valence-corrected chi connectivity index (χ4v) is 4.78. The molecule has 4 rings (SSSR count). The summed E-state index contributed by atoms with van der Waals surface area (Å²) in [6, 6.07) is 11.9. The number of carbonyl (C=O) groups is 1. The Hall–Kier alpha value is -3.64. The van der Waals surface area contributed by atoms with Crippen LogP contribution < -0.4 is 0 Å². The van der Waals surface area contributed by atoms with Crippen LogP contribution in [0.25, 0.3) is 5.69 Å². The second-order valence-electron chi connectivity index (χ2n) is 7.07. The van der Waals surface area contributed by atoms with Crippen molar-refractivity contribution in [2.24, 2.45) is 0 Å². The van der Waals surface area contributed by atoms with E-state index in [0.29, 0.717) is 5.69 Å². The van der Waals surface area contributed by atoms with Gasteiger partial charge in [-0.3, -0.25) is 14.9 Å². The zero-order valence-electron chi connectivity index (χ0n) is 16.7. The van der Waals surface area contributed by atoms with Gasteiger partial charge in [-0.15, -0.1) is 0 Å². The van der Waals surface area contributed by atoms with E-state index in [0.717, 1.165) is 12.1 Å². The molecule has 0 unspecified atom stereocenters. The normalized spacial score (nSPS) is 15.0. The van der Waals surface area contributed by atoms with Gasteiger partial charge in [0, 0.05) is 44.5 Å². The second-order valence-corrected chi connectivity index (χ2v) is 9.01. The molecule has 0 bridgehead atoms. The summed E-state index contributed by atoms with van der Waals surface area (Å²) in [6.45, 7) is 0.524. The maximum atomic E-state index is 13.1. The van der Waals surface area contributed by atoms with Crippen LogP contribution in [0.4, 0.5) is 10.1 Å². The van der Waals surface area contributed by atoms with Crippen molar-refractivity contribution in [2.75, 3.05) is 26.2 Å². The van der Waals surface area contributed by atoms with Crippen molar-refractivity contribution in [1.82, 2.24) is 19.0 Å². The van der Waals surface area contributed by atoms with Crippen LogP contribution >= 0.6 is 0 Å². The summed E-state index contributed by atoms with van der Waals surface area (Å²) in [5.74, 6) is -0.711. The second kappa shape index (κ2) is 8.48. The molecule has 1 aromatic heterocycles. The van der Waals surface area contributed by atoms with Crippen LogP contribution in [-0.4, -0.2) is 64.4 Å². The third-order valence-corrected chi connectivity index (χ3v) is 7.02. The first-order valence-corrected chi connectivity index (χ1v) is 11.1. The molecule has 1 aliphatic heterocycles. The lowest BCUT2D eigenvalue weighted by Crippen LogP contribution is -2.50. The Balaban J connectivity index is 1.41. The van der Waals surface area contributed by atoms with Gasteiger partial charge in [0.2, 0.25) is 10.0 Å². The lowest BCUT2D eigenvalue weighted by molar-refractivity contribution is -0.384. The smallest absolute Gasteiger partial charge is 0.274 e. The van der Waals surface area contributed by atoms with E-state index in [9.17, 15) is 27.7 Å². The van der Waals surface area contributed by atoms with Crippen molar-refractivity contribution in [1.29, 1.82) is 0 Å². The van der Waals surface area contributed by atoms with Gasteiger partial charge in [0.05, 0.1) is 15.5 Å². The number of hydrogen-bond donors (Lipinski definition) is 0. The van der Waals surface area contributed by atoms with Gasteiger partial charge >= 0.3 is 0 Å². The number of nitro benzene ring substituents is 1. The molecule has 0 radical (unpaired) electrons. The van der Waals surface area contributed by atoms with Crippen LogP contribution in [-0.2, 0) is 10.0 Å². The number of sulfonamides is 1. The van der Waals surface area contributed by atoms with E-state index in [1.54, 1.807) is 24.4 Å². The van der Waals surface area contributed by atoms with E-state index in [-0.39, 0.29) is 54.2 Å². The first kappa shape index (κ1) is 21.6. The highest BCUT2D eigenvalue weighted by molar-refractivity contribution is 7.89. The highest BCUT2D eigenvalue weighted by Gasteiger charge is 2.31. The molecule has 10 nitrogen and oxygen atoms in total. The van der Waals surface area contributed by atoms with E-state index in [1.807, 2.05) is 0 Å². The summed E-state index contributed by atoms with van der Waals surface area (Å²) in [4.78, 5) is 24.4. The first-order valence-electron chi connectivity index (χ1n) is 9.61. The zero-order valence-corrected chi connectivity index (χ0v) is 17.5. The van der Waals surface area contributed by atoms with Gasteiger partial charge < -0.3 is 4.90 Å². The number of nitro groups is 1. The fraction of sp³-hybridized carbons (Fsp3) is 0.200. The van der Waals surface area contributed by atoms with Crippen LogP contribution in [0, 0.1) is 15.9 Å². The maximum Gasteiger partial charge on any atom is 0.274 e. The van der Waals surface area contributed by atoms with E-state index in [4.69, 9.17) is 0 Å². The number of hydrogen-bond acceptors (Lipinski definition) is 6. The van der Waals surface area contributed by atoms with Crippen LogP contribution in [0.1, 0.15) is 10.5 Å². The van der Waals surface area contributed by atoms with E-state index < -0.39 is 14.9 Å². The number of benzene rings is 2. The number of piperazine rings is 1. The highest BCUT2D eigenvalue weighted by Crippen LogP contribution is 2.21. The number of non-ortho nitro benzene ring substituents is 1. The van der Waals surface area contributed by atoms with Gasteiger partial charge in [0.15, 0.2) is 5.69 Å². The van der Waals surface area contributed by atoms with Gasteiger partial charge in [-0.2, -0.15) is 9.40 Å². The number of nitrogens with zero attached hydrogens (tertiary/aromatic N) is 5. The standard InChI is InChI=1S/C20H18FN5O5S/c21-15-1-3-16(4-2-15)25-10-9-19(22-25)20(27)23-11-13-24(14-12-23)32(30,31)18-7-5-17(6-8-18)26(28)29/h1-10H,11-14H2. The summed E-state index contributed by atoms with van der Waals surface area (Å²) in [5, 5.41) is 15.0. The molecular weight excluding hydrogens is 441 g/mol. The van der Waals surface area contributed by atoms with Crippen molar-refractivity contribution >= 4 is 21.6 Å². The number of aromatic nitrogens is 2. The summed E-state index contributed by atoms with van der Waals surface area (Å²) in [6.07, 6.45) is 1.59. The summed E-state index contributed by atoms with van der Waals surface area (Å²) >= 11 is 0. The number of carbonyl (C=O) groups excluding carboxylic acids is 1. The first-order chi connectivity index (χ1) is 15.3. The van der Waals surface area contributed by atoms with Crippen LogP contribution in [0.15, 0.2) is 65.7 Å². The SMILES string of the molecule is O=C(c1ccn(-c2ccc(F)cc2)n1)N1CCN(S(=O)(=O)c2ccc([N+](=O)[O-])cc2)CC1. The largest absolute Gasteiger partial charge is 0.335 e. The Labute approximate surface area is 182 Å². The third kappa shape index (κ3) is 4.22. The van der Waals surface area contributed by atoms with Gasteiger partial charge in [-0.25, -0.2) is 17.5 Å². The molecule has 1 amide bonds. The van der Waals surface area contributed by atoms with Crippen molar-refractivity contribution in [3.8, 4) is 5.69 Å². The summed E-state index contributed by atoms with van der Waals surface area (Å²) in [5.41, 5.74) is 0.602. The Morgan fingerprint density at radius 2 is 1.59 bits per heavy atom. The summed E-state index contributed by atoms with van der Waals surface area (Å²) < 4.78 is 41.4. The minimum absolute atomic E-state index is 0.0408. The lowest BCUT2D eigenvalue weighted by atomic mass is 10.3. The van der Waals surface area contributed by atoms with Crippen LogP contribution in [0.3, 0.4) is 0 Å². The molecule has 12 heteroatoms. The van der Waals surface area contributed by atoms with E-state index in [1.165, 1.54) is 38.2 Å². The van der Waals surface area contributed by atoms with Crippen molar-refractivity contribution in [3.63, 3.8) is 0 Å². The molecule has 0 N–H and O–H groups in total. The third-order valence-electron chi connectivity index (χ3n) is 5.11. The summed E-state index contributed by atoms with van der Waals surface area (Å²) in [7, 11) is -3.83. The van der Waals surface area contributed by atoms with Crippen LogP contribution in [0.5, 0.6) is 0 Å². The highest BCUT2D eigenvalue weighted by atomic mass is 32.2. The Morgan fingerprint density at radius 1 is 0.969 bits per heavy atom. The predicted molar refractivity (Wildman–Crippen MR) is 111 cm³/mol. The average Bonchev–Trinajstić information content (AvgIpc) is 3.29. The van der Waals surface area contributed by atoms with Gasteiger partial charge in [-0.1, -0.05) is 0 Å². The molecule has 166 valence electrons. The minimum Gasteiger partial charge on any atom is -0.335 e. The number of rotatable bonds is 5. The fourth-order valence-electron chi connectivity index (χ4n) is 3.36. The Bertz CT molecular complexity index is 1250. The molecule has 3 aromatic rings. The lowest BCUT2D eigenvalue weighted by Gasteiger charge is -2.33. The molecule has 0 aliphatic carbocycles. The van der Waals surface area contributed by atoms with E-state index >= 15 is 0 Å². The monoisotopic (exact) mass is 459 g/mol. The quantitative estimate of drug-likeness (QED) is 0.426. The molecule has 0 atom stereocenters. The zero-order chi connectivity index (χ0) is 22.9. The van der Waals surface area contributed by atoms with Crippen LogP contribution in [0.2, 0.25) is 0 Å². The van der Waals surface area contributed by atoms with Gasteiger partial charge in [0.1, 0.15) is 5.82 Å². The number of halogens is 1. The van der Waals surface area contributed by atoms with Crippen molar-refractivity contribution in [2.45, 2.75) is 4.90 Å². The molecule has 32 heavy (non-hydrogen) atoms. The predicted octanol–water partition coefficient (Wildman–Crippen LogP) is 2.07.